The average molecular weight is 769 g/mol. The summed E-state index contributed by atoms with van der Waals surface area (Å²) in [6.45, 7) is 2.27. The predicted molar refractivity (Wildman–Crippen MR) is 250 cm³/mol. The van der Waals surface area contributed by atoms with Crippen molar-refractivity contribution in [3.63, 3.8) is 0 Å². The second-order valence-electron chi connectivity index (χ2n) is 15.7. The summed E-state index contributed by atoms with van der Waals surface area (Å²) >= 11 is 0. The summed E-state index contributed by atoms with van der Waals surface area (Å²) in [6, 6.07) is 73.3. The maximum atomic E-state index is 7.84. The Bertz CT molecular complexity index is 3360. The van der Waals surface area contributed by atoms with E-state index in [2.05, 4.69) is 162 Å². The minimum atomic E-state index is -0.423. The largest absolute Gasteiger partial charge is 0.383 e. The summed E-state index contributed by atoms with van der Waals surface area (Å²) < 4.78 is 2.51. The minimum absolute atomic E-state index is 0.173. The van der Waals surface area contributed by atoms with Gasteiger partial charge in [0.2, 0.25) is 0 Å². The van der Waals surface area contributed by atoms with Crippen LogP contribution in [0.2, 0.25) is 0 Å². The Labute approximate surface area is 349 Å². The lowest BCUT2D eigenvalue weighted by Crippen LogP contribution is -2.33. The number of aryl methyl sites for hydroxylation is 1. The van der Waals surface area contributed by atoms with E-state index in [1.807, 2.05) is 60.7 Å². The van der Waals surface area contributed by atoms with Crippen molar-refractivity contribution in [1.29, 1.82) is 5.41 Å². The van der Waals surface area contributed by atoms with E-state index < -0.39 is 5.41 Å². The van der Waals surface area contributed by atoms with Gasteiger partial charge in [-0.1, -0.05) is 188 Å². The molecule has 1 atom stereocenters. The van der Waals surface area contributed by atoms with Crippen LogP contribution in [0.25, 0.3) is 60.5 Å². The average Bonchev–Trinajstić information content (AvgIpc) is 3.80. The molecule has 60 heavy (non-hydrogen) atoms. The molecule has 0 saturated heterocycles. The van der Waals surface area contributed by atoms with Crippen LogP contribution in [-0.4, -0.2) is 16.2 Å². The van der Waals surface area contributed by atoms with Crippen LogP contribution in [0.3, 0.4) is 0 Å². The SMILES string of the molecule is Cc1c(-c2ccc3c(c2)C2(c4ccccc4-3)c3ccccc3-n3c4ccccc4c4cccc2c43)ccc2ccccc12.N=C(N=C(N)c1ccccc1)c1ccccc1. The quantitative estimate of drug-likeness (QED) is 0.136. The normalized spacial score (nSPS) is 14.7. The molecular formula is C56H40N4. The van der Waals surface area contributed by atoms with Crippen molar-refractivity contribution in [2.45, 2.75) is 12.3 Å². The van der Waals surface area contributed by atoms with Crippen LogP contribution in [0.5, 0.6) is 0 Å². The first kappa shape index (κ1) is 35.4. The van der Waals surface area contributed by atoms with Gasteiger partial charge in [-0.15, -0.1) is 0 Å². The van der Waals surface area contributed by atoms with Gasteiger partial charge < -0.3 is 10.3 Å². The van der Waals surface area contributed by atoms with Crippen molar-refractivity contribution in [3.8, 4) is 27.9 Å². The molecule has 0 amide bonds. The van der Waals surface area contributed by atoms with Gasteiger partial charge in [0.25, 0.3) is 0 Å². The van der Waals surface area contributed by atoms with Crippen LogP contribution in [0, 0.1) is 12.3 Å². The second-order valence-corrected chi connectivity index (χ2v) is 15.7. The molecule has 1 unspecified atom stereocenters. The summed E-state index contributed by atoms with van der Waals surface area (Å²) in [6.07, 6.45) is 0. The first-order valence-electron chi connectivity index (χ1n) is 20.4. The number of hydrogen-bond acceptors (Lipinski definition) is 1. The summed E-state index contributed by atoms with van der Waals surface area (Å²) in [5.74, 6) is 0.534. The van der Waals surface area contributed by atoms with Gasteiger partial charge in [-0.2, -0.15) is 0 Å². The summed E-state index contributed by atoms with van der Waals surface area (Å²) in [5.41, 5.74) is 22.8. The van der Waals surface area contributed by atoms with Crippen LogP contribution < -0.4 is 5.73 Å². The lowest BCUT2D eigenvalue weighted by Gasteiger charge is -2.39. The fourth-order valence-electron chi connectivity index (χ4n) is 9.92. The standard InChI is InChI=1S/C42H27N.C14H13N3/c1-26-29-12-3-2-11-27(29)21-23-30(26)28-22-24-32-31-13-4-6-16-35(31)42(38(32)25-28)36-17-7-9-20-40(36)43-39-19-8-5-14-33(39)34-15-10-18-37(42)41(34)43;15-13(11-7-3-1-4-8-11)17-14(16)12-9-5-2-6-10-12/h2-25H,1H3;1-10H,(H3,15,16,17). The van der Waals surface area contributed by atoms with Gasteiger partial charge in [0.05, 0.1) is 22.1 Å². The number of aromatic nitrogens is 1. The lowest BCUT2D eigenvalue weighted by molar-refractivity contribution is 0.749. The number of aliphatic imine (C=N–C) groups is 1. The highest BCUT2D eigenvalue weighted by Crippen LogP contribution is 2.61. The molecule has 12 rings (SSSR count). The Morgan fingerprint density at radius 1 is 0.500 bits per heavy atom. The maximum Gasteiger partial charge on any atom is 0.154 e. The summed E-state index contributed by atoms with van der Waals surface area (Å²) in [5, 5.41) is 13.1. The predicted octanol–water partition coefficient (Wildman–Crippen LogP) is 13.0. The van der Waals surface area contributed by atoms with Gasteiger partial charge in [-0.25, -0.2) is 4.99 Å². The third-order valence-corrected chi connectivity index (χ3v) is 12.6. The molecule has 2 heterocycles. The molecule has 1 aliphatic heterocycles. The fraction of sp³-hybridized carbons (Fsp3) is 0.0357. The number of para-hydroxylation sites is 3. The molecule has 3 N–H and O–H groups in total. The maximum absolute atomic E-state index is 7.84. The number of fused-ring (bicyclic) bond motifs is 13. The smallest absolute Gasteiger partial charge is 0.154 e. The Morgan fingerprint density at radius 3 is 1.92 bits per heavy atom. The number of rotatable bonds is 3. The molecule has 9 aromatic carbocycles. The molecule has 1 aliphatic carbocycles. The van der Waals surface area contributed by atoms with E-state index in [1.54, 1.807) is 0 Å². The van der Waals surface area contributed by atoms with Crippen LogP contribution in [-0.2, 0) is 5.41 Å². The van der Waals surface area contributed by atoms with Crippen LogP contribution >= 0.6 is 0 Å². The van der Waals surface area contributed by atoms with Gasteiger partial charge in [0.15, 0.2) is 5.84 Å². The minimum Gasteiger partial charge on any atom is -0.383 e. The number of nitrogens with one attached hydrogen (secondary N) is 1. The van der Waals surface area contributed by atoms with E-state index in [4.69, 9.17) is 11.1 Å². The van der Waals surface area contributed by atoms with Gasteiger partial charge in [0.1, 0.15) is 5.84 Å². The molecule has 4 heteroatoms. The first-order chi connectivity index (χ1) is 29.5. The first-order valence-corrected chi connectivity index (χ1v) is 20.4. The lowest BCUT2D eigenvalue weighted by atomic mass is 9.65. The molecule has 1 spiro atoms. The number of amidine groups is 2. The van der Waals surface area contributed by atoms with Crippen molar-refractivity contribution in [2.24, 2.45) is 10.7 Å². The molecule has 4 nitrogen and oxygen atoms in total. The third-order valence-electron chi connectivity index (χ3n) is 12.6. The zero-order valence-electron chi connectivity index (χ0n) is 33.1. The molecule has 0 saturated carbocycles. The van der Waals surface area contributed by atoms with Crippen molar-refractivity contribution >= 4 is 44.2 Å². The highest BCUT2D eigenvalue weighted by atomic mass is 15.0. The molecule has 0 radical (unpaired) electrons. The van der Waals surface area contributed by atoms with Gasteiger partial charge in [-0.05, 0) is 86.0 Å². The number of hydrogen-bond donors (Lipinski definition) is 2. The van der Waals surface area contributed by atoms with E-state index in [1.165, 1.54) is 88.3 Å². The van der Waals surface area contributed by atoms with Crippen LogP contribution in [0.4, 0.5) is 0 Å². The van der Waals surface area contributed by atoms with Gasteiger partial charge >= 0.3 is 0 Å². The van der Waals surface area contributed by atoms with Crippen LogP contribution in [0.15, 0.2) is 211 Å². The van der Waals surface area contributed by atoms with Crippen molar-refractivity contribution in [2.75, 3.05) is 0 Å². The van der Waals surface area contributed by atoms with Gasteiger partial charge in [0, 0.05) is 21.9 Å². The molecule has 2 aliphatic rings. The summed E-state index contributed by atoms with van der Waals surface area (Å²) in [4.78, 5) is 4.10. The van der Waals surface area contributed by atoms with E-state index in [0.29, 0.717) is 5.84 Å². The number of nitrogens with zero attached hydrogens (tertiary/aromatic N) is 2. The van der Waals surface area contributed by atoms with E-state index >= 15 is 0 Å². The Balaban J connectivity index is 0.000000203. The zero-order chi connectivity index (χ0) is 40.4. The van der Waals surface area contributed by atoms with E-state index in [-0.39, 0.29) is 5.84 Å². The van der Waals surface area contributed by atoms with Crippen molar-refractivity contribution in [1.82, 2.24) is 4.57 Å². The monoisotopic (exact) mass is 768 g/mol. The Hall–Kier alpha value is -7.82. The Kier molecular flexibility index (Phi) is 8.21. The zero-order valence-corrected chi connectivity index (χ0v) is 33.1. The molecule has 1 aromatic heterocycles. The van der Waals surface area contributed by atoms with Gasteiger partial charge in [-0.3, -0.25) is 5.41 Å². The van der Waals surface area contributed by atoms with Crippen LogP contribution in [0.1, 0.15) is 38.9 Å². The highest BCUT2D eigenvalue weighted by Gasteiger charge is 2.50. The topological polar surface area (TPSA) is 67.2 Å². The third kappa shape index (κ3) is 5.24. The second kappa shape index (κ2) is 13.9. The van der Waals surface area contributed by atoms with E-state index in [0.717, 1.165) is 11.1 Å². The fourth-order valence-corrected chi connectivity index (χ4v) is 9.92. The molecule has 0 fully saturated rings. The number of nitrogens with two attached hydrogens (primary N) is 1. The number of benzene rings is 9. The molecular weight excluding hydrogens is 729 g/mol. The van der Waals surface area contributed by atoms with E-state index in [9.17, 15) is 0 Å². The van der Waals surface area contributed by atoms with Crippen molar-refractivity contribution in [3.05, 3.63) is 245 Å². The molecule has 0 bridgehead atoms. The van der Waals surface area contributed by atoms with Crippen molar-refractivity contribution < 1.29 is 0 Å². The molecule has 284 valence electrons. The summed E-state index contributed by atoms with van der Waals surface area (Å²) in [7, 11) is 0. The molecule has 10 aromatic rings. The Morgan fingerprint density at radius 2 is 1.10 bits per heavy atom. The highest BCUT2D eigenvalue weighted by molar-refractivity contribution is 6.13.